The first-order chi connectivity index (χ1) is 15.6. The normalized spacial score (nSPS) is 13.0. The van der Waals surface area contributed by atoms with Crippen molar-refractivity contribution < 1.29 is 0 Å². The van der Waals surface area contributed by atoms with Gasteiger partial charge >= 0.3 is 0 Å². The third kappa shape index (κ3) is 4.74. The van der Waals surface area contributed by atoms with Crippen molar-refractivity contribution in [2.24, 2.45) is 0 Å². The van der Waals surface area contributed by atoms with E-state index in [-0.39, 0.29) is 16.0 Å². The second-order valence-corrected chi connectivity index (χ2v) is 13.3. The molecule has 1 heterocycles. The summed E-state index contributed by atoms with van der Waals surface area (Å²) in [6.07, 6.45) is 6.03. The molecule has 0 amide bonds. The van der Waals surface area contributed by atoms with E-state index in [0.717, 1.165) is 0 Å². The van der Waals surface area contributed by atoms with E-state index in [1.165, 1.54) is 27.4 Å². The summed E-state index contributed by atoms with van der Waals surface area (Å²) in [6, 6.07) is 29.6. The van der Waals surface area contributed by atoms with Gasteiger partial charge in [0.25, 0.3) is 0 Å². The smallest absolute Gasteiger partial charge is 0.0965 e. The van der Waals surface area contributed by atoms with Crippen LogP contribution in [0.3, 0.4) is 0 Å². The van der Waals surface area contributed by atoms with E-state index in [1.54, 1.807) is 0 Å². The molecule has 2 nitrogen and oxygen atoms in total. The molecule has 0 fully saturated rings. The third-order valence-corrected chi connectivity index (χ3v) is 9.28. The number of rotatable bonds is 5. The molecule has 0 radical (unpaired) electrons. The molecule has 4 aromatic rings. The van der Waals surface area contributed by atoms with Crippen LogP contribution in [0.15, 0.2) is 97.6 Å². The fourth-order valence-electron chi connectivity index (χ4n) is 4.63. The van der Waals surface area contributed by atoms with Gasteiger partial charge in [-0.05, 0) is 33.1 Å². The van der Waals surface area contributed by atoms with Gasteiger partial charge in [-0.3, -0.25) is 0 Å². The zero-order valence-corrected chi connectivity index (χ0v) is 22.3. The minimum absolute atomic E-state index is 0.126. The Bertz CT molecular complexity index is 1100. The zero-order valence-electron chi connectivity index (χ0n) is 20.8. The van der Waals surface area contributed by atoms with Gasteiger partial charge in [-0.1, -0.05) is 126 Å². The van der Waals surface area contributed by atoms with Crippen molar-refractivity contribution in [3.8, 4) is 0 Å². The summed E-state index contributed by atoms with van der Waals surface area (Å²) in [5.74, 6) is 0. The highest BCUT2D eigenvalue weighted by Crippen LogP contribution is 2.36. The molecule has 0 unspecified atom stereocenters. The van der Waals surface area contributed by atoms with Gasteiger partial charge in [0, 0.05) is 12.4 Å². The molecule has 0 aliphatic rings. The van der Waals surface area contributed by atoms with Crippen LogP contribution >= 0.6 is 0 Å². The Labute approximate surface area is 201 Å². The van der Waals surface area contributed by atoms with E-state index in [2.05, 4.69) is 136 Å². The summed E-state index contributed by atoms with van der Waals surface area (Å²) in [6.45, 7) is 13.6. The standard InChI is InChI=1S/C30H36N2Si/c1-28(2,3)23-12-16-25(17-13-23)30(32-21-20-31-22-32,33-27-10-8-7-9-11-27)26-18-14-24(15-19-26)29(4,5)6/h7-22H,33H2,1-6H3. The monoisotopic (exact) mass is 452 g/mol. The van der Waals surface area contributed by atoms with Crippen LogP contribution in [-0.4, -0.2) is 19.1 Å². The fraction of sp³-hybridized carbons (Fsp3) is 0.300. The van der Waals surface area contributed by atoms with E-state index in [0.29, 0.717) is 0 Å². The lowest BCUT2D eigenvalue weighted by atomic mass is 9.84. The predicted molar refractivity (Wildman–Crippen MR) is 143 cm³/mol. The Morgan fingerprint density at radius 3 is 1.45 bits per heavy atom. The van der Waals surface area contributed by atoms with Crippen molar-refractivity contribution in [1.82, 2.24) is 9.55 Å². The van der Waals surface area contributed by atoms with Crippen molar-refractivity contribution in [2.75, 3.05) is 0 Å². The molecule has 0 saturated heterocycles. The van der Waals surface area contributed by atoms with Crippen LogP contribution in [-0.2, 0) is 16.0 Å². The average molecular weight is 453 g/mol. The van der Waals surface area contributed by atoms with Gasteiger partial charge in [0.05, 0.1) is 21.0 Å². The Morgan fingerprint density at radius 1 is 0.606 bits per heavy atom. The molecule has 170 valence electrons. The Balaban J connectivity index is 1.95. The van der Waals surface area contributed by atoms with E-state index in [4.69, 9.17) is 0 Å². The maximum absolute atomic E-state index is 4.48. The first-order valence-corrected chi connectivity index (χ1v) is 13.3. The molecule has 0 atom stereocenters. The largest absolute Gasteiger partial charge is 0.326 e. The quantitative estimate of drug-likeness (QED) is 0.354. The zero-order chi connectivity index (χ0) is 23.7. The molecule has 0 saturated carbocycles. The molecular formula is C30H36N2Si. The maximum atomic E-state index is 4.48. The van der Waals surface area contributed by atoms with Gasteiger partial charge in [-0.25, -0.2) is 4.98 Å². The molecule has 0 aliphatic heterocycles. The van der Waals surface area contributed by atoms with Gasteiger partial charge in [0.15, 0.2) is 0 Å². The molecule has 0 N–H and O–H groups in total. The minimum Gasteiger partial charge on any atom is -0.326 e. The van der Waals surface area contributed by atoms with Crippen LogP contribution in [0.1, 0.15) is 63.8 Å². The molecule has 33 heavy (non-hydrogen) atoms. The topological polar surface area (TPSA) is 17.8 Å². The molecule has 0 spiro atoms. The predicted octanol–water partition coefficient (Wildman–Crippen LogP) is 5.72. The third-order valence-electron chi connectivity index (χ3n) is 6.70. The van der Waals surface area contributed by atoms with Crippen LogP contribution in [0, 0.1) is 0 Å². The Hall–Kier alpha value is -2.91. The lowest BCUT2D eigenvalue weighted by Gasteiger charge is -2.37. The van der Waals surface area contributed by atoms with E-state index < -0.39 is 9.52 Å². The van der Waals surface area contributed by atoms with E-state index >= 15 is 0 Å². The lowest BCUT2D eigenvalue weighted by Crippen LogP contribution is -2.46. The molecule has 1 aromatic heterocycles. The number of benzene rings is 3. The average Bonchev–Trinajstić information content (AvgIpc) is 3.33. The number of hydrogen-bond donors (Lipinski definition) is 0. The summed E-state index contributed by atoms with van der Waals surface area (Å²) in [5, 5.41) is 1.18. The van der Waals surface area contributed by atoms with Crippen molar-refractivity contribution in [3.05, 3.63) is 120 Å². The molecule has 0 bridgehead atoms. The molecular weight excluding hydrogens is 416 g/mol. The SMILES string of the molecule is CC(C)(C)c1ccc(C([SiH2]c2ccccc2)(c2ccc(C(C)(C)C)cc2)n2ccnc2)cc1. The molecule has 3 aromatic carbocycles. The first kappa shape index (κ1) is 23.3. The number of hydrogen-bond acceptors (Lipinski definition) is 1. The number of aromatic nitrogens is 2. The lowest BCUT2D eigenvalue weighted by molar-refractivity contribution is 0.576. The highest BCUT2D eigenvalue weighted by molar-refractivity contribution is 6.57. The second-order valence-electron chi connectivity index (χ2n) is 11.1. The summed E-state index contributed by atoms with van der Waals surface area (Å²) < 4.78 is 2.34. The molecule has 4 rings (SSSR count). The van der Waals surface area contributed by atoms with Gasteiger partial charge in [0.1, 0.15) is 0 Å². The first-order valence-electron chi connectivity index (χ1n) is 11.9. The van der Waals surface area contributed by atoms with Crippen LogP contribution in [0.5, 0.6) is 0 Å². The summed E-state index contributed by atoms with van der Waals surface area (Å²) in [4.78, 5) is 4.48. The molecule has 0 aliphatic carbocycles. The van der Waals surface area contributed by atoms with Crippen molar-refractivity contribution in [1.29, 1.82) is 0 Å². The second kappa shape index (κ2) is 8.79. The van der Waals surface area contributed by atoms with Gasteiger partial charge < -0.3 is 4.57 Å². The highest BCUT2D eigenvalue weighted by Gasteiger charge is 2.37. The minimum atomic E-state index is -0.840. The van der Waals surface area contributed by atoms with Crippen molar-refractivity contribution >= 4 is 14.7 Å². The maximum Gasteiger partial charge on any atom is 0.0965 e. The summed E-state index contributed by atoms with van der Waals surface area (Å²) in [7, 11) is -0.840. The van der Waals surface area contributed by atoms with Crippen LogP contribution in [0.25, 0.3) is 0 Å². The van der Waals surface area contributed by atoms with Crippen LogP contribution < -0.4 is 5.19 Å². The van der Waals surface area contributed by atoms with Crippen LogP contribution in [0.4, 0.5) is 0 Å². The van der Waals surface area contributed by atoms with Gasteiger partial charge in [-0.15, -0.1) is 0 Å². The summed E-state index contributed by atoms with van der Waals surface area (Å²) in [5.41, 5.74) is 5.62. The van der Waals surface area contributed by atoms with Gasteiger partial charge in [-0.2, -0.15) is 0 Å². The van der Waals surface area contributed by atoms with E-state index in [9.17, 15) is 0 Å². The van der Waals surface area contributed by atoms with E-state index in [1.807, 2.05) is 12.5 Å². The van der Waals surface area contributed by atoms with Crippen LogP contribution in [0.2, 0.25) is 0 Å². The number of nitrogens with zero attached hydrogens (tertiary/aromatic N) is 2. The van der Waals surface area contributed by atoms with Crippen molar-refractivity contribution in [2.45, 2.75) is 57.5 Å². The summed E-state index contributed by atoms with van der Waals surface area (Å²) >= 11 is 0. The Kier molecular flexibility index (Phi) is 6.19. The van der Waals surface area contributed by atoms with Gasteiger partial charge in [0.2, 0.25) is 0 Å². The van der Waals surface area contributed by atoms with Crippen molar-refractivity contribution in [3.63, 3.8) is 0 Å². The molecule has 3 heteroatoms. The Morgan fingerprint density at radius 2 is 1.06 bits per heavy atom. The fourth-order valence-corrected chi connectivity index (χ4v) is 6.98. The number of imidazole rings is 1. The highest BCUT2D eigenvalue weighted by atomic mass is 28.2.